The molecular weight excluding hydrogens is 222 g/mol. The van der Waals surface area contributed by atoms with Crippen molar-refractivity contribution in [1.29, 1.82) is 0 Å². The molecule has 1 N–H and O–H groups in total. The van der Waals surface area contributed by atoms with Crippen molar-refractivity contribution in [3.63, 3.8) is 0 Å². The molecule has 1 unspecified atom stereocenters. The van der Waals surface area contributed by atoms with Crippen molar-refractivity contribution in [1.82, 2.24) is 5.32 Å². The van der Waals surface area contributed by atoms with Crippen LogP contribution in [0.1, 0.15) is 49.5 Å². The molecule has 0 aliphatic carbocycles. The van der Waals surface area contributed by atoms with Gasteiger partial charge in [-0.1, -0.05) is 45.0 Å². The van der Waals surface area contributed by atoms with Gasteiger partial charge in [0.15, 0.2) is 5.78 Å². The summed E-state index contributed by atoms with van der Waals surface area (Å²) in [4.78, 5) is 12.1. The Bertz CT molecular complexity index is 408. The number of benzene rings is 1. The van der Waals surface area contributed by atoms with Gasteiger partial charge in [-0.05, 0) is 36.4 Å². The van der Waals surface area contributed by atoms with Gasteiger partial charge in [0.25, 0.3) is 0 Å². The van der Waals surface area contributed by atoms with Crippen molar-refractivity contribution in [2.45, 2.75) is 39.0 Å². The zero-order valence-electron chi connectivity index (χ0n) is 11.6. The van der Waals surface area contributed by atoms with Crippen LogP contribution in [-0.4, -0.2) is 18.9 Å². The van der Waals surface area contributed by atoms with Gasteiger partial charge in [0.2, 0.25) is 0 Å². The first-order valence-corrected chi connectivity index (χ1v) is 6.81. The minimum absolute atomic E-state index is 0.150. The Kier molecular flexibility index (Phi) is 3.86. The molecule has 1 aromatic rings. The van der Waals surface area contributed by atoms with Crippen molar-refractivity contribution in [3.8, 4) is 0 Å². The zero-order chi connectivity index (χ0) is 13.2. The van der Waals surface area contributed by atoms with E-state index in [0.29, 0.717) is 12.3 Å². The fourth-order valence-electron chi connectivity index (χ4n) is 2.42. The van der Waals surface area contributed by atoms with Crippen LogP contribution >= 0.6 is 0 Å². The number of carbonyl (C=O) groups excluding carboxylic acids is 1. The molecule has 18 heavy (non-hydrogen) atoms. The highest BCUT2D eigenvalue weighted by molar-refractivity contribution is 5.96. The van der Waals surface area contributed by atoms with E-state index in [1.54, 1.807) is 0 Å². The van der Waals surface area contributed by atoms with Crippen molar-refractivity contribution in [2.24, 2.45) is 5.92 Å². The fraction of sp³-hybridized carbons (Fsp3) is 0.562. The summed E-state index contributed by atoms with van der Waals surface area (Å²) in [5.41, 5.74) is 2.29. The van der Waals surface area contributed by atoms with Crippen LogP contribution in [-0.2, 0) is 5.41 Å². The molecule has 0 saturated carbocycles. The average molecular weight is 245 g/mol. The van der Waals surface area contributed by atoms with Gasteiger partial charge in [0.1, 0.15) is 0 Å². The van der Waals surface area contributed by atoms with E-state index in [1.165, 1.54) is 5.56 Å². The summed E-state index contributed by atoms with van der Waals surface area (Å²) >= 11 is 0. The molecule has 2 nitrogen and oxygen atoms in total. The van der Waals surface area contributed by atoms with Gasteiger partial charge in [-0.3, -0.25) is 4.79 Å². The third kappa shape index (κ3) is 3.20. The van der Waals surface area contributed by atoms with Gasteiger partial charge in [0.05, 0.1) is 0 Å². The number of rotatable bonds is 3. The molecule has 0 radical (unpaired) electrons. The maximum Gasteiger partial charge on any atom is 0.163 e. The highest BCUT2D eigenvalue weighted by Crippen LogP contribution is 2.23. The van der Waals surface area contributed by atoms with Gasteiger partial charge in [-0.25, -0.2) is 0 Å². The summed E-state index contributed by atoms with van der Waals surface area (Å²) in [5.74, 6) is 0.809. The smallest absolute Gasteiger partial charge is 0.163 e. The van der Waals surface area contributed by atoms with E-state index in [-0.39, 0.29) is 11.2 Å². The van der Waals surface area contributed by atoms with E-state index in [4.69, 9.17) is 0 Å². The second-order valence-electron chi connectivity index (χ2n) is 6.31. The van der Waals surface area contributed by atoms with Crippen molar-refractivity contribution >= 4 is 5.78 Å². The van der Waals surface area contributed by atoms with Crippen LogP contribution in [0, 0.1) is 5.92 Å². The minimum atomic E-state index is 0.150. The Balaban J connectivity index is 2.02. The second kappa shape index (κ2) is 5.23. The third-order valence-corrected chi connectivity index (χ3v) is 3.71. The molecule has 98 valence electrons. The Labute approximate surface area is 110 Å². The maximum atomic E-state index is 12.1. The molecule has 0 aromatic heterocycles. The van der Waals surface area contributed by atoms with Crippen LogP contribution in [0.3, 0.4) is 0 Å². The Morgan fingerprint density at radius 2 is 1.94 bits per heavy atom. The Morgan fingerprint density at radius 1 is 1.28 bits per heavy atom. The molecule has 2 rings (SSSR count). The van der Waals surface area contributed by atoms with E-state index < -0.39 is 0 Å². The normalized spacial score (nSPS) is 20.1. The molecule has 0 bridgehead atoms. The Hall–Kier alpha value is -1.15. The SMILES string of the molecule is CC(C)(C)c1ccc(C(=O)CC2CCNC2)cc1. The lowest BCUT2D eigenvalue weighted by atomic mass is 9.86. The molecule has 1 aliphatic heterocycles. The highest BCUT2D eigenvalue weighted by Gasteiger charge is 2.19. The van der Waals surface area contributed by atoms with Crippen LogP contribution < -0.4 is 5.32 Å². The summed E-state index contributed by atoms with van der Waals surface area (Å²) in [6.07, 6.45) is 1.81. The summed E-state index contributed by atoms with van der Waals surface area (Å²) in [6, 6.07) is 8.12. The minimum Gasteiger partial charge on any atom is -0.316 e. The molecule has 0 amide bonds. The van der Waals surface area contributed by atoms with Crippen LogP contribution in [0.4, 0.5) is 0 Å². The fourth-order valence-corrected chi connectivity index (χ4v) is 2.42. The second-order valence-corrected chi connectivity index (χ2v) is 6.31. The molecule has 0 spiro atoms. The first-order chi connectivity index (χ1) is 8.47. The summed E-state index contributed by atoms with van der Waals surface area (Å²) in [7, 11) is 0. The van der Waals surface area contributed by atoms with Gasteiger partial charge in [-0.15, -0.1) is 0 Å². The van der Waals surface area contributed by atoms with E-state index in [9.17, 15) is 4.79 Å². The Morgan fingerprint density at radius 3 is 2.44 bits per heavy atom. The van der Waals surface area contributed by atoms with Crippen LogP contribution in [0.5, 0.6) is 0 Å². The standard InChI is InChI=1S/C16H23NO/c1-16(2,3)14-6-4-13(5-7-14)15(18)10-12-8-9-17-11-12/h4-7,12,17H,8-11H2,1-3H3. The predicted octanol–water partition coefficient (Wildman–Crippen LogP) is 3.17. The lowest BCUT2D eigenvalue weighted by Gasteiger charge is -2.19. The van der Waals surface area contributed by atoms with Gasteiger partial charge < -0.3 is 5.32 Å². The van der Waals surface area contributed by atoms with Crippen LogP contribution in [0.15, 0.2) is 24.3 Å². The number of Topliss-reactive ketones (excluding diaryl/α,β-unsaturated/α-hetero) is 1. The maximum absolute atomic E-state index is 12.1. The van der Waals surface area contributed by atoms with E-state index in [1.807, 2.05) is 12.1 Å². The van der Waals surface area contributed by atoms with Gasteiger partial charge in [0, 0.05) is 12.0 Å². The first-order valence-electron chi connectivity index (χ1n) is 6.81. The number of hydrogen-bond donors (Lipinski definition) is 1. The lowest BCUT2D eigenvalue weighted by molar-refractivity contribution is 0.0964. The van der Waals surface area contributed by atoms with Gasteiger partial charge in [-0.2, -0.15) is 0 Å². The van der Waals surface area contributed by atoms with Crippen molar-refractivity contribution < 1.29 is 4.79 Å². The summed E-state index contributed by atoms with van der Waals surface area (Å²) < 4.78 is 0. The topological polar surface area (TPSA) is 29.1 Å². The average Bonchev–Trinajstić information content (AvgIpc) is 2.81. The molecule has 1 atom stereocenters. The van der Waals surface area contributed by atoms with E-state index in [2.05, 4.69) is 38.2 Å². The molecular formula is C16H23NO. The number of carbonyl (C=O) groups is 1. The monoisotopic (exact) mass is 245 g/mol. The van der Waals surface area contributed by atoms with Crippen molar-refractivity contribution in [2.75, 3.05) is 13.1 Å². The molecule has 1 fully saturated rings. The van der Waals surface area contributed by atoms with Crippen molar-refractivity contribution in [3.05, 3.63) is 35.4 Å². The van der Waals surface area contributed by atoms with Gasteiger partial charge >= 0.3 is 0 Å². The lowest BCUT2D eigenvalue weighted by Crippen LogP contribution is -2.14. The number of ketones is 1. The molecule has 1 aromatic carbocycles. The number of nitrogens with one attached hydrogen (secondary N) is 1. The van der Waals surface area contributed by atoms with E-state index in [0.717, 1.165) is 25.1 Å². The quantitative estimate of drug-likeness (QED) is 0.829. The largest absolute Gasteiger partial charge is 0.316 e. The predicted molar refractivity (Wildman–Crippen MR) is 75.1 cm³/mol. The van der Waals surface area contributed by atoms with Crippen LogP contribution in [0.2, 0.25) is 0 Å². The van der Waals surface area contributed by atoms with Crippen LogP contribution in [0.25, 0.3) is 0 Å². The molecule has 2 heteroatoms. The number of hydrogen-bond acceptors (Lipinski definition) is 2. The molecule has 1 saturated heterocycles. The molecule has 1 aliphatic rings. The third-order valence-electron chi connectivity index (χ3n) is 3.71. The molecule has 1 heterocycles. The highest BCUT2D eigenvalue weighted by atomic mass is 16.1. The first kappa shape index (κ1) is 13.3. The zero-order valence-corrected chi connectivity index (χ0v) is 11.6. The summed E-state index contributed by atoms with van der Waals surface area (Å²) in [6.45, 7) is 8.61. The van der Waals surface area contributed by atoms with E-state index >= 15 is 0 Å². The summed E-state index contributed by atoms with van der Waals surface area (Å²) in [5, 5.41) is 3.31.